The van der Waals surface area contributed by atoms with E-state index in [-0.39, 0.29) is 10.8 Å². The lowest BCUT2D eigenvalue weighted by molar-refractivity contribution is 0.590. The lowest BCUT2D eigenvalue weighted by atomic mass is 9.87. The monoisotopic (exact) mass is 1090 g/mol. The van der Waals surface area contributed by atoms with Crippen molar-refractivity contribution in [1.82, 2.24) is 0 Å². The number of benzene rings is 12. The van der Waals surface area contributed by atoms with E-state index in [0.717, 1.165) is 155 Å². The van der Waals surface area contributed by atoms with Gasteiger partial charge in [0.25, 0.3) is 0 Å². The van der Waals surface area contributed by atoms with Gasteiger partial charge in [-0.3, -0.25) is 0 Å². The lowest BCUT2D eigenvalue weighted by Gasteiger charge is -2.29. The maximum absolute atomic E-state index is 6.96. The Morgan fingerprint density at radius 1 is 0.262 bits per heavy atom. The van der Waals surface area contributed by atoms with Gasteiger partial charge in [0, 0.05) is 89.1 Å². The number of fused-ring (bicyclic) bond motifs is 13. The molecule has 404 valence electrons. The minimum Gasteiger partial charge on any atom is -0.456 e. The molecule has 0 atom stereocenters. The van der Waals surface area contributed by atoms with Gasteiger partial charge in [-0.25, -0.2) is 0 Å². The first-order valence-electron chi connectivity index (χ1n) is 29.0. The van der Waals surface area contributed by atoms with Gasteiger partial charge in [-0.1, -0.05) is 163 Å². The van der Waals surface area contributed by atoms with E-state index in [4.69, 9.17) is 17.7 Å². The smallest absolute Gasteiger partial charge is 0.137 e. The number of nitrogens with zero attached hydrogens (tertiary/aromatic N) is 2. The summed E-state index contributed by atoms with van der Waals surface area (Å²) in [5.41, 5.74) is 19.7. The summed E-state index contributed by atoms with van der Waals surface area (Å²) < 4.78 is 27.0. The molecule has 0 aliphatic rings. The summed E-state index contributed by atoms with van der Waals surface area (Å²) in [7, 11) is 0. The van der Waals surface area contributed by atoms with Gasteiger partial charge in [-0.05, 0) is 153 Å². The summed E-state index contributed by atoms with van der Waals surface area (Å²) in [5, 5.41) is 10.6. The van der Waals surface area contributed by atoms with Crippen LogP contribution in [0.25, 0.3) is 121 Å². The van der Waals surface area contributed by atoms with Crippen LogP contribution in [0.15, 0.2) is 260 Å². The van der Waals surface area contributed by atoms with E-state index in [1.807, 2.05) is 12.1 Å². The van der Waals surface area contributed by atoms with Crippen molar-refractivity contribution >= 4 is 133 Å². The second kappa shape index (κ2) is 18.6. The zero-order chi connectivity index (χ0) is 56.6. The number of para-hydroxylation sites is 2. The highest BCUT2D eigenvalue weighted by Gasteiger charge is 2.27. The molecule has 84 heavy (non-hydrogen) atoms. The molecule has 4 heterocycles. The minimum absolute atomic E-state index is 0.00716. The molecule has 0 saturated carbocycles. The quantitative estimate of drug-likeness (QED) is 0.151. The van der Waals surface area contributed by atoms with Crippen LogP contribution in [0, 0.1) is 0 Å². The predicted octanol–water partition coefficient (Wildman–Crippen LogP) is 23.3. The number of furan rings is 4. The van der Waals surface area contributed by atoms with Crippen molar-refractivity contribution in [2.45, 2.75) is 52.4 Å². The number of hydrogen-bond acceptors (Lipinski definition) is 6. The average molecular weight is 1090 g/mol. The number of anilines is 6. The fourth-order valence-corrected chi connectivity index (χ4v) is 12.9. The number of rotatable bonds is 8. The molecule has 0 bridgehead atoms. The summed E-state index contributed by atoms with van der Waals surface area (Å²) >= 11 is 0. The van der Waals surface area contributed by atoms with Crippen molar-refractivity contribution in [3.05, 3.63) is 254 Å². The molecular formula is C78H58N2O4. The molecular weight excluding hydrogens is 1030 g/mol. The van der Waals surface area contributed by atoms with Crippen molar-refractivity contribution in [2.75, 3.05) is 9.80 Å². The molecule has 0 saturated heterocycles. The third-order valence-electron chi connectivity index (χ3n) is 17.1. The first kappa shape index (κ1) is 49.5. The second-order valence-electron chi connectivity index (χ2n) is 24.5. The van der Waals surface area contributed by atoms with Crippen molar-refractivity contribution in [3.8, 4) is 22.3 Å². The van der Waals surface area contributed by atoms with E-state index in [1.165, 1.54) is 11.1 Å². The lowest BCUT2D eigenvalue weighted by Crippen LogP contribution is -2.14. The van der Waals surface area contributed by atoms with Crippen molar-refractivity contribution in [2.24, 2.45) is 0 Å². The molecule has 4 aromatic heterocycles. The van der Waals surface area contributed by atoms with E-state index >= 15 is 0 Å². The third kappa shape index (κ3) is 8.00. The van der Waals surface area contributed by atoms with Gasteiger partial charge >= 0.3 is 0 Å². The second-order valence-corrected chi connectivity index (χ2v) is 24.5. The highest BCUT2D eigenvalue weighted by molar-refractivity contribution is 6.20. The van der Waals surface area contributed by atoms with Crippen LogP contribution in [0.4, 0.5) is 34.1 Å². The van der Waals surface area contributed by atoms with Crippen LogP contribution in [0.2, 0.25) is 0 Å². The molecule has 0 aliphatic carbocycles. The highest BCUT2D eigenvalue weighted by Crippen LogP contribution is 2.51. The maximum Gasteiger partial charge on any atom is 0.137 e. The average Bonchev–Trinajstić information content (AvgIpc) is 4.25. The van der Waals surface area contributed by atoms with Crippen LogP contribution in [0.5, 0.6) is 0 Å². The standard InChI is InChI=1S/C78H58N2O4/c1-77(2,3)51-25-29-53(30-26-51)79(63-37-39-67-75(59-21-13-15-23-65(59)81-67)73(63)47-17-9-7-10-18-47)55-33-35-57-61-41-49-44-70-62(42-50(49)43-69(61)83-71(57)45-55)58-36-34-56(46-72(58)84-70)80(54-31-27-52(28-32-54)78(4,5)6)64-38-40-68-76(60-22-14-16-24-66(60)82-68)74(64)48-19-11-8-12-20-48/h7-46H,1-6H3. The molecule has 6 heteroatoms. The molecule has 16 aromatic rings. The van der Waals surface area contributed by atoms with Crippen LogP contribution < -0.4 is 9.80 Å². The van der Waals surface area contributed by atoms with E-state index in [9.17, 15) is 0 Å². The largest absolute Gasteiger partial charge is 0.456 e. The molecule has 12 aromatic carbocycles. The van der Waals surface area contributed by atoms with Gasteiger partial charge in [0.1, 0.15) is 44.7 Å². The third-order valence-corrected chi connectivity index (χ3v) is 17.1. The Bertz CT molecular complexity index is 4930. The molecule has 0 amide bonds. The SMILES string of the molecule is CC(C)(C)c1ccc(N(c2ccc3c(c2)oc2cc4cc5c(cc4cc23)oc2cc(N(c3ccc(C(C)(C)C)cc3)c3ccc4oc6ccccc6c4c3-c3ccccc3)ccc25)c2ccc3oc4ccccc4c3c2-c2ccccc2)cc1. The summed E-state index contributed by atoms with van der Waals surface area (Å²) in [6, 6.07) is 86.9. The Hall–Kier alpha value is -10.3. The van der Waals surface area contributed by atoms with E-state index in [2.05, 4.69) is 282 Å². The van der Waals surface area contributed by atoms with Gasteiger partial charge in [0.05, 0.1) is 11.4 Å². The normalized spacial score (nSPS) is 12.4. The van der Waals surface area contributed by atoms with Crippen LogP contribution >= 0.6 is 0 Å². The van der Waals surface area contributed by atoms with Crippen molar-refractivity contribution < 1.29 is 17.7 Å². The Morgan fingerprint density at radius 2 is 0.619 bits per heavy atom. The predicted molar refractivity (Wildman–Crippen MR) is 351 cm³/mol. The van der Waals surface area contributed by atoms with E-state index in [1.54, 1.807) is 0 Å². The van der Waals surface area contributed by atoms with Gasteiger partial charge in [0.15, 0.2) is 0 Å². The Labute approximate surface area is 486 Å². The molecule has 0 fully saturated rings. The molecule has 0 aliphatic heterocycles. The Morgan fingerprint density at radius 3 is 1.02 bits per heavy atom. The molecule has 0 spiro atoms. The summed E-state index contributed by atoms with van der Waals surface area (Å²) in [4.78, 5) is 4.74. The molecule has 6 nitrogen and oxygen atoms in total. The number of hydrogen-bond donors (Lipinski definition) is 0. The summed E-state index contributed by atoms with van der Waals surface area (Å²) in [6.07, 6.45) is 0. The summed E-state index contributed by atoms with van der Waals surface area (Å²) in [6.45, 7) is 13.6. The van der Waals surface area contributed by atoms with Crippen molar-refractivity contribution in [1.29, 1.82) is 0 Å². The van der Waals surface area contributed by atoms with Gasteiger partial charge in [-0.2, -0.15) is 0 Å². The van der Waals surface area contributed by atoms with Gasteiger partial charge < -0.3 is 27.5 Å². The van der Waals surface area contributed by atoms with E-state index in [0.29, 0.717) is 0 Å². The molecule has 0 unspecified atom stereocenters. The van der Waals surface area contributed by atoms with Gasteiger partial charge in [0.2, 0.25) is 0 Å². The minimum atomic E-state index is -0.00716. The molecule has 0 N–H and O–H groups in total. The maximum atomic E-state index is 6.96. The molecule has 16 rings (SSSR count). The zero-order valence-electron chi connectivity index (χ0n) is 47.6. The zero-order valence-corrected chi connectivity index (χ0v) is 47.6. The fourth-order valence-electron chi connectivity index (χ4n) is 12.9. The first-order valence-corrected chi connectivity index (χ1v) is 29.0. The first-order chi connectivity index (χ1) is 40.9. The van der Waals surface area contributed by atoms with Crippen LogP contribution in [0.1, 0.15) is 52.7 Å². The van der Waals surface area contributed by atoms with Crippen LogP contribution in [0.3, 0.4) is 0 Å². The highest BCUT2D eigenvalue weighted by atomic mass is 16.3. The van der Waals surface area contributed by atoms with Gasteiger partial charge in [-0.15, -0.1) is 0 Å². The fraction of sp³-hybridized carbons (Fsp3) is 0.103. The Balaban J connectivity index is 0.832. The van der Waals surface area contributed by atoms with Crippen molar-refractivity contribution in [3.63, 3.8) is 0 Å². The van der Waals surface area contributed by atoms with Crippen LogP contribution in [-0.2, 0) is 10.8 Å². The summed E-state index contributed by atoms with van der Waals surface area (Å²) in [5.74, 6) is 0. The van der Waals surface area contributed by atoms with E-state index < -0.39 is 0 Å². The molecule has 0 radical (unpaired) electrons. The van der Waals surface area contributed by atoms with Crippen LogP contribution in [-0.4, -0.2) is 0 Å². The Kier molecular flexibility index (Phi) is 11.0. The topological polar surface area (TPSA) is 59.0 Å².